The van der Waals surface area contributed by atoms with Crippen molar-refractivity contribution in [1.82, 2.24) is 20.1 Å². The van der Waals surface area contributed by atoms with Crippen LogP contribution < -0.4 is 0 Å². The highest BCUT2D eigenvalue weighted by molar-refractivity contribution is 7.08. The van der Waals surface area contributed by atoms with Crippen LogP contribution in [0.5, 0.6) is 0 Å². The van der Waals surface area contributed by atoms with Crippen LogP contribution in [0.4, 0.5) is 0 Å². The Morgan fingerprint density at radius 1 is 1.43 bits per heavy atom. The zero-order valence-corrected chi connectivity index (χ0v) is 13.6. The fourth-order valence-corrected chi connectivity index (χ4v) is 3.97. The predicted molar refractivity (Wildman–Crippen MR) is 90.5 cm³/mol. The Labute approximate surface area is 138 Å². The van der Waals surface area contributed by atoms with E-state index < -0.39 is 0 Å². The number of pyridine rings is 1. The molecule has 23 heavy (non-hydrogen) atoms. The van der Waals surface area contributed by atoms with Crippen molar-refractivity contribution in [2.75, 3.05) is 13.1 Å². The number of carbonyl (C=O) groups is 1. The van der Waals surface area contributed by atoms with Crippen LogP contribution in [0, 0.1) is 0 Å². The quantitative estimate of drug-likeness (QED) is 0.805. The summed E-state index contributed by atoms with van der Waals surface area (Å²) in [4.78, 5) is 18.8. The number of H-pyrrole nitrogens is 1. The van der Waals surface area contributed by atoms with E-state index in [1.54, 1.807) is 17.5 Å². The molecule has 1 amide bonds. The third kappa shape index (κ3) is 2.86. The second kappa shape index (κ2) is 6.12. The van der Waals surface area contributed by atoms with Gasteiger partial charge in [-0.05, 0) is 47.4 Å². The van der Waals surface area contributed by atoms with Gasteiger partial charge in [0.25, 0.3) is 0 Å². The van der Waals surface area contributed by atoms with Gasteiger partial charge in [-0.15, -0.1) is 0 Å². The van der Waals surface area contributed by atoms with E-state index in [0.717, 1.165) is 48.2 Å². The minimum atomic E-state index is 0.218. The Morgan fingerprint density at radius 2 is 2.39 bits per heavy atom. The van der Waals surface area contributed by atoms with Gasteiger partial charge in [0, 0.05) is 36.3 Å². The number of nitrogens with zero attached hydrogens (tertiary/aromatic N) is 3. The monoisotopic (exact) mass is 326 g/mol. The van der Waals surface area contributed by atoms with Gasteiger partial charge in [0.15, 0.2) is 5.65 Å². The predicted octanol–water partition coefficient (Wildman–Crippen LogP) is 2.97. The third-order valence-electron chi connectivity index (χ3n) is 4.48. The van der Waals surface area contributed by atoms with Crippen LogP contribution in [-0.4, -0.2) is 39.1 Å². The fraction of sp³-hybridized carbons (Fsp3) is 0.353. The Kier molecular flexibility index (Phi) is 3.83. The molecular weight excluding hydrogens is 308 g/mol. The molecule has 0 spiro atoms. The number of nitrogens with one attached hydrogen (secondary N) is 1. The van der Waals surface area contributed by atoms with Crippen molar-refractivity contribution < 1.29 is 4.79 Å². The molecule has 1 aliphatic heterocycles. The first-order valence-electron chi connectivity index (χ1n) is 7.89. The van der Waals surface area contributed by atoms with Gasteiger partial charge in [0.2, 0.25) is 5.91 Å². The van der Waals surface area contributed by atoms with Gasteiger partial charge >= 0.3 is 0 Å². The number of piperidine rings is 1. The first-order valence-corrected chi connectivity index (χ1v) is 8.83. The molecule has 6 heteroatoms. The lowest BCUT2D eigenvalue weighted by molar-refractivity contribution is -0.131. The molecule has 0 bridgehead atoms. The van der Waals surface area contributed by atoms with Crippen molar-refractivity contribution in [3.63, 3.8) is 0 Å². The molecule has 0 saturated carbocycles. The van der Waals surface area contributed by atoms with E-state index in [9.17, 15) is 4.79 Å². The molecule has 1 saturated heterocycles. The summed E-state index contributed by atoms with van der Waals surface area (Å²) in [5.41, 5.74) is 2.98. The van der Waals surface area contributed by atoms with Crippen LogP contribution in [0.25, 0.3) is 11.0 Å². The summed E-state index contributed by atoms with van der Waals surface area (Å²) in [5, 5.41) is 12.6. The molecule has 0 aromatic carbocycles. The van der Waals surface area contributed by atoms with Gasteiger partial charge < -0.3 is 4.90 Å². The topological polar surface area (TPSA) is 61.9 Å². The number of aromatic nitrogens is 3. The summed E-state index contributed by atoms with van der Waals surface area (Å²) in [6.07, 6.45) is 4.36. The Bertz CT molecular complexity index is 811. The highest BCUT2D eigenvalue weighted by Gasteiger charge is 2.27. The fourth-order valence-electron chi connectivity index (χ4n) is 3.30. The molecule has 3 aromatic rings. The molecule has 5 nitrogen and oxygen atoms in total. The first kappa shape index (κ1) is 14.4. The minimum Gasteiger partial charge on any atom is -0.342 e. The number of aromatic amines is 1. The van der Waals surface area contributed by atoms with Crippen molar-refractivity contribution in [2.24, 2.45) is 0 Å². The van der Waals surface area contributed by atoms with Crippen molar-refractivity contribution in [1.29, 1.82) is 0 Å². The van der Waals surface area contributed by atoms with E-state index >= 15 is 0 Å². The van der Waals surface area contributed by atoms with Gasteiger partial charge in [-0.25, -0.2) is 4.98 Å². The first-order chi connectivity index (χ1) is 11.3. The zero-order valence-electron chi connectivity index (χ0n) is 12.7. The van der Waals surface area contributed by atoms with Crippen molar-refractivity contribution in [3.05, 3.63) is 46.4 Å². The highest BCUT2D eigenvalue weighted by atomic mass is 32.1. The van der Waals surface area contributed by atoms with E-state index in [2.05, 4.69) is 15.2 Å². The van der Waals surface area contributed by atoms with E-state index in [1.807, 2.05) is 33.9 Å². The maximum Gasteiger partial charge on any atom is 0.227 e. The molecule has 0 unspecified atom stereocenters. The van der Waals surface area contributed by atoms with Crippen molar-refractivity contribution in [3.8, 4) is 0 Å². The van der Waals surface area contributed by atoms with Gasteiger partial charge in [-0.2, -0.15) is 16.4 Å². The smallest absolute Gasteiger partial charge is 0.227 e. The largest absolute Gasteiger partial charge is 0.342 e. The van der Waals surface area contributed by atoms with E-state index in [-0.39, 0.29) is 5.91 Å². The molecule has 118 valence electrons. The number of likely N-dealkylation sites (tertiary alicyclic amines) is 1. The van der Waals surface area contributed by atoms with E-state index in [1.165, 1.54) is 0 Å². The highest BCUT2D eigenvalue weighted by Crippen LogP contribution is 2.30. The number of thiophene rings is 1. The molecule has 1 atom stereocenters. The van der Waals surface area contributed by atoms with Crippen LogP contribution in [0.1, 0.15) is 30.0 Å². The third-order valence-corrected chi connectivity index (χ3v) is 5.21. The molecule has 4 heterocycles. The Balaban J connectivity index is 1.51. The van der Waals surface area contributed by atoms with Crippen LogP contribution in [0.15, 0.2) is 35.2 Å². The standard InChI is InChI=1S/C17H18N4OS/c22-15(9-12-5-8-23-11-12)21-7-2-3-13(10-21)16-14-4-1-6-18-17(14)20-19-16/h1,4-6,8,11,13H,2-3,7,9-10H2,(H,18,19,20)/t13-/m1/s1. The van der Waals surface area contributed by atoms with Crippen LogP contribution in [0.2, 0.25) is 0 Å². The number of rotatable bonds is 3. The Hall–Kier alpha value is -2.21. The number of hydrogen-bond acceptors (Lipinski definition) is 4. The Morgan fingerprint density at radius 3 is 3.26 bits per heavy atom. The van der Waals surface area contributed by atoms with Crippen LogP contribution >= 0.6 is 11.3 Å². The molecular formula is C17H18N4OS. The van der Waals surface area contributed by atoms with Crippen molar-refractivity contribution >= 4 is 28.3 Å². The molecule has 4 rings (SSSR count). The molecule has 1 aliphatic rings. The number of hydrogen-bond donors (Lipinski definition) is 1. The summed E-state index contributed by atoms with van der Waals surface area (Å²) in [5.74, 6) is 0.527. The lowest BCUT2D eigenvalue weighted by atomic mass is 9.93. The number of carbonyl (C=O) groups excluding carboxylic acids is 1. The molecule has 3 aromatic heterocycles. The summed E-state index contributed by atoms with van der Waals surface area (Å²) in [7, 11) is 0. The maximum absolute atomic E-state index is 12.5. The molecule has 0 aliphatic carbocycles. The van der Waals surface area contributed by atoms with Gasteiger partial charge in [-0.1, -0.05) is 0 Å². The summed E-state index contributed by atoms with van der Waals surface area (Å²) in [6, 6.07) is 6.01. The molecule has 0 radical (unpaired) electrons. The number of fused-ring (bicyclic) bond motifs is 1. The lowest BCUT2D eigenvalue weighted by Gasteiger charge is -2.32. The van der Waals surface area contributed by atoms with E-state index in [0.29, 0.717) is 12.3 Å². The second-order valence-electron chi connectivity index (χ2n) is 6.00. The maximum atomic E-state index is 12.5. The second-order valence-corrected chi connectivity index (χ2v) is 6.78. The van der Waals surface area contributed by atoms with Gasteiger partial charge in [-0.3, -0.25) is 9.89 Å². The molecule has 1 N–H and O–H groups in total. The lowest BCUT2D eigenvalue weighted by Crippen LogP contribution is -2.40. The van der Waals surface area contributed by atoms with E-state index in [4.69, 9.17) is 0 Å². The number of amides is 1. The SMILES string of the molecule is O=C(Cc1ccsc1)N1CCC[C@@H](c2[nH]nc3ncccc23)C1. The van der Waals surface area contributed by atoms with Gasteiger partial charge in [0.05, 0.1) is 6.42 Å². The average molecular weight is 326 g/mol. The van der Waals surface area contributed by atoms with Crippen molar-refractivity contribution in [2.45, 2.75) is 25.2 Å². The molecule has 1 fully saturated rings. The normalized spacial score (nSPS) is 18.4. The summed E-state index contributed by atoms with van der Waals surface area (Å²) >= 11 is 1.64. The van der Waals surface area contributed by atoms with Crippen LogP contribution in [-0.2, 0) is 11.2 Å². The average Bonchev–Trinajstić information content (AvgIpc) is 3.24. The zero-order chi connectivity index (χ0) is 15.6. The minimum absolute atomic E-state index is 0.218. The van der Waals surface area contributed by atoms with Gasteiger partial charge in [0.1, 0.15) is 0 Å². The summed E-state index contributed by atoms with van der Waals surface area (Å²) in [6.45, 7) is 1.61. The van der Waals surface area contributed by atoms with Crippen LogP contribution in [0.3, 0.4) is 0 Å². The summed E-state index contributed by atoms with van der Waals surface area (Å²) < 4.78 is 0.